The zero-order valence-electron chi connectivity index (χ0n) is 10.6. The van der Waals surface area contributed by atoms with Crippen LogP contribution in [-0.2, 0) is 17.6 Å². The highest BCUT2D eigenvalue weighted by molar-refractivity contribution is 7.10. The molecule has 3 heteroatoms. The van der Waals surface area contributed by atoms with Crippen molar-refractivity contribution in [2.45, 2.75) is 58.3 Å². The Bertz CT molecular complexity index is 331. The molecule has 17 heavy (non-hydrogen) atoms. The number of thiophene rings is 1. The lowest BCUT2D eigenvalue weighted by molar-refractivity contribution is -0.136. The smallest absolute Gasteiger partial charge is 0.308 e. The van der Waals surface area contributed by atoms with Crippen molar-refractivity contribution in [3.8, 4) is 0 Å². The van der Waals surface area contributed by atoms with Crippen molar-refractivity contribution in [3.63, 3.8) is 0 Å². The van der Waals surface area contributed by atoms with Crippen molar-refractivity contribution in [3.05, 3.63) is 21.9 Å². The third-order valence-electron chi connectivity index (χ3n) is 2.95. The fourth-order valence-electron chi connectivity index (χ4n) is 1.98. The number of carboxylic acids is 1. The Morgan fingerprint density at radius 2 is 1.94 bits per heavy atom. The summed E-state index contributed by atoms with van der Waals surface area (Å²) in [6.07, 6.45) is 8.95. The molecule has 0 radical (unpaired) electrons. The number of carboxylic acid groups (broad SMARTS) is 1. The summed E-state index contributed by atoms with van der Waals surface area (Å²) in [4.78, 5) is 11.7. The predicted molar refractivity (Wildman–Crippen MR) is 72.7 cm³/mol. The summed E-state index contributed by atoms with van der Waals surface area (Å²) in [5.41, 5.74) is 1.24. The first kappa shape index (κ1) is 14.2. The molecule has 0 spiro atoms. The lowest BCUT2D eigenvalue weighted by Gasteiger charge is -2.02. The van der Waals surface area contributed by atoms with E-state index in [2.05, 4.69) is 13.0 Å². The van der Waals surface area contributed by atoms with E-state index in [1.165, 1.54) is 44.1 Å². The molecular formula is C14H22O2S. The van der Waals surface area contributed by atoms with E-state index in [1.807, 2.05) is 5.38 Å². The zero-order chi connectivity index (χ0) is 12.5. The average molecular weight is 254 g/mol. The number of aryl methyl sites for hydroxylation is 1. The van der Waals surface area contributed by atoms with E-state index in [1.54, 1.807) is 11.3 Å². The van der Waals surface area contributed by atoms with Crippen LogP contribution >= 0.6 is 11.3 Å². The molecule has 0 aliphatic heterocycles. The Hall–Kier alpha value is -0.830. The van der Waals surface area contributed by atoms with Crippen molar-refractivity contribution in [2.24, 2.45) is 0 Å². The second-order valence-electron chi connectivity index (χ2n) is 4.46. The first-order valence-electron chi connectivity index (χ1n) is 6.51. The normalized spacial score (nSPS) is 10.6. The summed E-state index contributed by atoms with van der Waals surface area (Å²) < 4.78 is 0. The standard InChI is InChI=1S/C14H22O2S/c1-2-3-4-5-6-7-8-12-9-10-17-13(12)11-14(15)16/h9-10H,2-8,11H2,1H3,(H,15,16). The summed E-state index contributed by atoms with van der Waals surface area (Å²) in [6, 6.07) is 2.08. The van der Waals surface area contributed by atoms with Crippen LogP contribution < -0.4 is 0 Å². The number of hydrogen-bond donors (Lipinski definition) is 1. The number of rotatable bonds is 9. The summed E-state index contributed by atoms with van der Waals surface area (Å²) in [6.45, 7) is 2.23. The molecule has 0 atom stereocenters. The molecule has 0 saturated heterocycles. The molecule has 1 N–H and O–H groups in total. The molecule has 96 valence electrons. The molecule has 0 aliphatic carbocycles. The molecule has 0 fully saturated rings. The van der Waals surface area contributed by atoms with Gasteiger partial charge in [-0.25, -0.2) is 0 Å². The molecule has 1 aromatic heterocycles. The van der Waals surface area contributed by atoms with E-state index in [4.69, 9.17) is 5.11 Å². The number of unbranched alkanes of at least 4 members (excludes halogenated alkanes) is 5. The fourth-order valence-corrected chi connectivity index (χ4v) is 2.90. The number of carbonyl (C=O) groups is 1. The Kier molecular flexibility index (Phi) is 6.94. The minimum Gasteiger partial charge on any atom is -0.481 e. The van der Waals surface area contributed by atoms with Gasteiger partial charge in [-0.1, -0.05) is 39.0 Å². The minimum absolute atomic E-state index is 0.183. The van der Waals surface area contributed by atoms with Crippen LogP contribution in [0.25, 0.3) is 0 Å². The van der Waals surface area contributed by atoms with Crippen LogP contribution in [0.4, 0.5) is 0 Å². The van der Waals surface area contributed by atoms with E-state index in [9.17, 15) is 4.79 Å². The largest absolute Gasteiger partial charge is 0.481 e. The summed E-state index contributed by atoms with van der Waals surface area (Å²) in [7, 11) is 0. The van der Waals surface area contributed by atoms with Crippen LogP contribution in [0.1, 0.15) is 55.9 Å². The monoisotopic (exact) mass is 254 g/mol. The Balaban J connectivity index is 2.22. The minimum atomic E-state index is -0.725. The maximum absolute atomic E-state index is 10.7. The van der Waals surface area contributed by atoms with E-state index in [0.29, 0.717) is 0 Å². The van der Waals surface area contributed by atoms with Gasteiger partial charge in [-0.3, -0.25) is 4.79 Å². The number of hydrogen-bond acceptors (Lipinski definition) is 2. The van der Waals surface area contributed by atoms with Gasteiger partial charge in [0, 0.05) is 4.88 Å². The van der Waals surface area contributed by atoms with Crippen LogP contribution in [-0.4, -0.2) is 11.1 Å². The van der Waals surface area contributed by atoms with Gasteiger partial charge < -0.3 is 5.11 Å². The second-order valence-corrected chi connectivity index (χ2v) is 5.46. The lowest BCUT2D eigenvalue weighted by atomic mass is 10.0. The average Bonchev–Trinajstić information content (AvgIpc) is 2.70. The first-order chi connectivity index (χ1) is 8.24. The van der Waals surface area contributed by atoms with E-state index in [0.717, 1.165) is 11.3 Å². The molecule has 2 nitrogen and oxygen atoms in total. The molecule has 0 saturated carbocycles. The van der Waals surface area contributed by atoms with Gasteiger partial charge in [0.25, 0.3) is 0 Å². The van der Waals surface area contributed by atoms with Gasteiger partial charge in [-0.05, 0) is 29.9 Å². The second kappa shape index (κ2) is 8.29. The maximum atomic E-state index is 10.7. The van der Waals surface area contributed by atoms with E-state index in [-0.39, 0.29) is 6.42 Å². The van der Waals surface area contributed by atoms with Crippen molar-refractivity contribution >= 4 is 17.3 Å². The van der Waals surface area contributed by atoms with Crippen molar-refractivity contribution in [2.75, 3.05) is 0 Å². The third kappa shape index (κ3) is 5.87. The molecule has 0 amide bonds. The summed E-state index contributed by atoms with van der Waals surface area (Å²) in [5.74, 6) is -0.725. The van der Waals surface area contributed by atoms with Gasteiger partial charge in [0.1, 0.15) is 0 Å². The highest BCUT2D eigenvalue weighted by atomic mass is 32.1. The van der Waals surface area contributed by atoms with Crippen LogP contribution in [0.5, 0.6) is 0 Å². The van der Waals surface area contributed by atoms with Crippen molar-refractivity contribution in [1.29, 1.82) is 0 Å². The van der Waals surface area contributed by atoms with Gasteiger partial charge in [-0.15, -0.1) is 11.3 Å². The fraction of sp³-hybridized carbons (Fsp3) is 0.643. The van der Waals surface area contributed by atoms with Gasteiger partial charge >= 0.3 is 5.97 Å². The zero-order valence-corrected chi connectivity index (χ0v) is 11.4. The molecule has 0 aromatic carbocycles. The van der Waals surface area contributed by atoms with E-state index >= 15 is 0 Å². The van der Waals surface area contributed by atoms with Crippen molar-refractivity contribution < 1.29 is 9.90 Å². The van der Waals surface area contributed by atoms with Crippen LogP contribution in [0, 0.1) is 0 Å². The molecule has 1 aromatic rings. The van der Waals surface area contributed by atoms with Gasteiger partial charge in [0.2, 0.25) is 0 Å². The third-order valence-corrected chi connectivity index (χ3v) is 3.91. The molecule has 1 heterocycles. The highest BCUT2D eigenvalue weighted by Crippen LogP contribution is 2.20. The molecular weight excluding hydrogens is 232 g/mol. The Labute approximate surface area is 108 Å². The quantitative estimate of drug-likeness (QED) is 0.668. The van der Waals surface area contributed by atoms with Crippen LogP contribution in [0.15, 0.2) is 11.4 Å². The lowest BCUT2D eigenvalue weighted by Crippen LogP contribution is -2.00. The first-order valence-corrected chi connectivity index (χ1v) is 7.39. The topological polar surface area (TPSA) is 37.3 Å². The van der Waals surface area contributed by atoms with Crippen molar-refractivity contribution in [1.82, 2.24) is 0 Å². The van der Waals surface area contributed by atoms with Crippen LogP contribution in [0.2, 0.25) is 0 Å². The van der Waals surface area contributed by atoms with E-state index < -0.39 is 5.97 Å². The molecule has 0 aliphatic rings. The highest BCUT2D eigenvalue weighted by Gasteiger charge is 2.07. The molecule has 1 rings (SSSR count). The SMILES string of the molecule is CCCCCCCCc1ccsc1CC(=O)O. The van der Waals surface area contributed by atoms with Gasteiger partial charge in [0.15, 0.2) is 0 Å². The number of aliphatic carboxylic acids is 1. The molecule has 0 bridgehead atoms. The Morgan fingerprint density at radius 1 is 1.24 bits per heavy atom. The van der Waals surface area contributed by atoms with Crippen LogP contribution in [0.3, 0.4) is 0 Å². The maximum Gasteiger partial charge on any atom is 0.308 e. The predicted octanol–water partition coefficient (Wildman–Crippen LogP) is 4.28. The Morgan fingerprint density at radius 3 is 2.65 bits per heavy atom. The summed E-state index contributed by atoms with van der Waals surface area (Å²) in [5, 5.41) is 10.8. The van der Waals surface area contributed by atoms with Gasteiger partial charge in [0.05, 0.1) is 6.42 Å². The summed E-state index contributed by atoms with van der Waals surface area (Å²) >= 11 is 1.57. The molecule has 0 unspecified atom stereocenters. The van der Waals surface area contributed by atoms with Gasteiger partial charge in [-0.2, -0.15) is 0 Å².